The third-order valence-corrected chi connectivity index (χ3v) is 6.92. The molecule has 1 fully saturated rings. The molecule has 1 aliphatic rings. The van der Waals surface area contributed by atoms with Crippen molar-refractivity contribution in [2.24, 2.45) is 0 Å². The van der Waals surface area contributed by atoms with Crippen LogP contribution < -0.4 is 4.72 Å². The van der Waals surface area contributed by atoms with Gasteiger partial charge in [0, 0.05) is 18.1 Å². The maximum atomic E-state index is 13.1. The highest BCUT2D eigenvalue weighted by atomic mass is 35.5. The fraction of sp³-hybridized carbons (Fsp3) is 0.350. The van der Waals surface area contributed by atoms with Crippen LogP contribution in [0.5, 0.6) is 0 Å². The molecule has 8 heteroatoms. The van der Waals surface area contributed by atoms with Gasteiger partial charge in [-0.25, -0.2) is 8.42 Å². The number of piperidine rings is 1. The first kappa shape index (κ1) is 21.1. The SMILES string of the molecule is O=C(C(Cc1ccccc1)NS(=O)(=O)c1cc(Cl)ccc1Cl)N1CCCCC1. The topological polar surface area (TPSA) is 66.5 Å². The lowest BCUT2D eigenvalue weighted by Crippen LogP contribution is -2.51. The molecule has 1 saturated heterocycles. The second kappa shape index (κ2) is 9.27. The molecule has 0 saturated carbocycles. The van der Waals surface area contributed by atoms with Crippen molar-refractivity contribution in [1.82, 2.24) is 9.62 Å². The van der Waals surface area contributed by atoms with E-state index in [1.165, 1.54) is 18.2 Å². The van der Waals surface area contributed by atoms with Gasteiger partial charge >= 0.3 is 0 Å². The van der Waals surface area contributed by atoms with Gasteiger partial charge in [-0.2, -0.15) is 4.72 Å². The molecule has 1 amide bonds. The Labute approximate surface area is 175 Å². The molecule has 0 aromatic heterocycles. The lowest BCUT2D eigenvalue weighted by molar-refractivity contribution is -0.133. The van der Waals surface area contributed by atoms with E-state index >= 15 is 0 Å². The quantitative estimate of drug-likeness (QED) is 0.740. The van der Waals surface area contributed by atoms with Gasteiger partial charge in [-0.3, -0.25) is 4.79 Å². The van der Waals surface area contributed by atoms with Crippen LogP contribution in [0.4, 0.5) is 0 Å². The van der Waals surface area contributed by atoms with Crippen LogP contribution in [0.1, 0.15) is 24.8 Å². The maximum Gasteiger partial charge on any atom is 0.242 e. The molecular formula is C20H22Cl2N2O3S. The van der Waals surface area contributed by atoms with Crippen LogP contribution >= 0.6 is 23.2 Å². The van der Waals surface area contributed by atoms with Crippen molar-refractivity contribution in [2.75, 3.05) is 13.1 Å². The third kappa shape index (κ3) is 5.26. The van der Waals surface area contributed by atoms with Crippen molar-refractivity contribution in [3.8, 4) is 0 Å². The van der Waals surface area contributed by atoms with Crippen LogP contribution in [0.2, 0.25) is 10.0 Å². The molecule has 1 aliphatic heterocycles. The van der Waals surface area contributed by atoms with Gasteiger partial charge in [-0.15, -0.1) is 0 Å². The first-order chi connectivity index (χ1) is 13.4. The average Bonchev–Trinajstić information content (AvgIpc) is 2.70. The van der Waals surface area contributed by atoms with Crippen LogP contribution in [-0.2, 0) is 21.2 Å². The van der Waals surface area contributed by atoms with Crippen LogP contribution in [-0.4, -0.2) is 38.4 Å². The Morgan fingerprint density at radius 2 is 1.71 bits per heavy atom. The van der Waals surface area contributed by atoms with E-state index < -0.39 is 16.1 Å². The van der Waals surface area contributed by atoms with Gasteiger partial charge in [0.15, 0.2) is 0 Å². The van der Waals surface area contributed by atoms with Gasteiger partial charge in [0.05, 0.1) is 5.02 Å². The smallest absolute Gasteiger partial charge is 0.242 e. The molecule has 2 aromatic rings. The van der Waals surface area contributed by atoms with Gasteiger partial charge in [-0.05, 0) is 49.4 Å². The molecule has 0 spiro atoms. The number of carbonyl (C=O) groups is 1. The lowest BCUT2D eigenvalue weighted by atomic mass is 10.0. The minimum absolute atomic E-state index is 0.0563. The molecule has 150 valence electrons. The van der Waals surface area contributed by atoms with Gasteiger partial charge in [0.2, 0.25) is 15.9 Å². The van der Waals surface area contributed by atoms with Gasteiger partial charge < -0.3 is 4.90 Å². The van der Waals surface area contributed by atoms with E-state index in [4.69, 9.17) is 23.2 Å². The molecule has 1 heterocycles. The van der Waals surface area contributed by atoms with E-state index in [-0.39, 0.29) is 27.3 Å². The van der Waals surface area contributed by atoms with Crippen LogP contribution in [0.3, 0.4) is 0 Å². The molecule has 2 aromatic carbocycles. The summed E-state index contributed by atoms with van der Waals surface area (Å²) >= 11 is 12.0. The summed E-state index contributed by atoms with van der Waals surface area (Å²) in [7, 11) is -4.03. The molecule has 0 aliphatic carbocycles. The number of hydrogen-bond donors (Lipinski definition) is 1. The zero-order valence-electron chi connectivity index (χ0n) is 15.3. The first-order valence-corrected chi connectivity index (χ1v) is 11.4. The Morgan fingerprint density at radius 3 is 2.39 bits per heavy atom. The van der Waals surface area contributed by atoms with Crippen molar-refractivity contribution in [2.45, 2.75) is 36.6 Å². The summed E-state index contributed by atoms with van der Waals surface area (Å²) in [6.45, 7) is 1.29. The number of nitrogens with one attached hydrogen (secondary N) is 1. The summed E-state index contributed by atoms with van der Waals surface area (Å²) in [5.74, 6) is -0.217. The summed E-state index contributed by atoms with van der Waals surface area (Å²) in [5, 5.41) is 0.313. The minimum Gasteiger partial charge on any atom is -0.341 e. The van der Waals surface area contributed by atoms with Gasteiger partial charge in [0.25, 0.3) is 0 Å². The van der Waals surface area contributed by atoms with Crippen molar-refractivity contribution in [1.29, 1.82) is 0 Å². The molecule has 28 heavy (non-hydrogen) atoms. The zero-order chi connectivity index (χ0) is 20.1. The third-order valence-electron chi connectivity index (χ3n) is 4.73. The predicted octanol–water partition coefficient (Wildman–Crippen LogP) is 3.90. The second-order valence-corrected chi connectivity index (χ2v) is 9.35. The number of sulfonamides is 1. The van der Waals surface area contributed by atoms with E-state index in [0.717, 1.165) is 24.8 Å². The Morgan fingerprint density at radius 1 is 1.04 bits per heavy atom. The van der Waals surface area contributed by atoms with E-state index in [9.17, 15) is 13.2 Å². The van der Waals surface area contributed by atoms with Crippen LogP contribution in [0.25, 0.3) is 0 Å². The standard InChI is InChI=1S/C20H22Cl2N2O3S/c21-16-9-10-17(22)19(14-16)28(26,27)23-18(13-15-7-3-1-4-8-15)20(25)24-11-5-2-6-12-24/h1,3-4,7-10,14,18,23H,2,5-6,11-13H2. The van der Waals surface area contributed by atoms with Crippen molar-refractivity contribution >= 4 is 39.1 Å². The summed E-state index contributed by atoms with van der Waals surface area (Å²) in [6, 6.07) is 12.7. The summed E-state index contributed by atoms with van der Waals surface area (Å²) in [4.78, 5) is 14.7. The number of halogens is 2. The molecule has 5 nitrogen and oxygen atoms in total. The Balaban J connectivity index is 1.89. The fourth-order valence-corrected chi connectivity index (χ4v) is 5.25. The fourth-order valence-electron chi connectivity index (χ4n) is 3.30. The monoisotopic (exact) mass is 440 g/mol. The highest BCUT2D eigenvalue weighted by Crippen LogP contribution is 2.25. The van der Waals surface area contributed by atoms with E-state index in [1.807, 2.05) is 30.3 Å². The van der Waals surface area contributed by atoms with E-state index in [2.05, 4.69) is 4.72 Å². The highest BCUT2D eigenvalue weighted by molar-refractivity contribution is 7.89. The van der Waals surface area contributed by atoms with Crippen molar-refractivity contribution < 1.29 is 13.2 Å². The van der Waals surface area contributed by atoms with E-state index in [1.54, 1.807) is 4.90 Å². The molecule has 1 N–H and O–H groups in total. The number of carbonyl (C=O) groups excluding carboxylic acids is 1. The van der Waals surface area contributed by atoms with Crippen molar-refractivity contribution in [3.05, 3.63) is 64.1 Å². The number of likely N-dealkylation sites (tertiary alicyclic amines) is 1. The second-order valence-electron chi connectivity index (χ2n) is 6.82. The van der Waals surface area contributed by atoms with Crippen LogP contribution in [0, 0.1) is 0 Å². The summed E-state index contributed by atoms with van der Waals surface area (Å²) < 4.78 is 28.5. The Bertz CT molecular complexity index is 930. The number of nitrogens with zero attached hydrogens (tertiary/aromatic N) is 1. The number of amides is 1. The van der Waals surface area contributed by atoms with E-state index in [0.29, 0.717) is 13.1 Å². The molecule has 1 unspecified atom stereocenters. The molecule has 0 bridgehead atoms. The van der Waals surface area contributed by atoms with Crippen molar-refractivity contribution in [3.63, 3.8) is 0 Å². The summed E-state index contributed by atoms with van der Waals surface area (Å²) in [5.41, 5.74) is 0.873. The molecule has 3 rings (SSSR count). The lowest BCUT2D eigenvalue weighted by Gasteiger charge is -2.30. The number of rotatable bonds is 6. The number of hydrogen-bond acceptors (Lipinski definition) is 3. The van der Waals surface area contributed by atoms with Gasteiger partial charge in [-0.1, -0.05) is 53.5 Å². The van der Waals surface area contributed by atoms with Gasteiger partial charge in [0.1, 0.15) is 10.9 Å². The Kier molecular flexibility index (Phi) is 6.99. The molecule has 1 atom stereocenters. The highest BCUT2D eigenvalue weighted by Gasteiger charge is 2.31. The normalized spacial score (nSPS) is 16.0. The Hall–Kier alpha value is -1.60. The maximum absolute atomic E-state index is 13.1. The average molecular weight is 441 g/mol. The molecule has 0 radical (unpaired) electrons. The van der Waals surface area contributed by atoms with Crippen LogP contribution in [0.15, 0.2) is 53.4 Å². The zero-order valence-corrected chi connectivity index (χ0v) is 17.6. The predicted molar refractivity (Wildman–Crippen MR) is 111 cm³/mol. The largest absolute Gasteiger partial charge is 0.341 e. The molecular weight excluding hydrogens is 419 g/mol. The minimum atomic E-state index is -4.03. The summed E-state index contributed by atoms with van der Waals surface area (Å²) in [6.07, 6.45) is 3.19. The first-order valence-electron chi connectivity index (χ1n) is 9.17. The number of benzene rings is 2.